The summed E-state index contributed by atoms with van der Waals surface area (Å²) in [7, 11) is 2.29. The lowest BCUT2D eigenvalue weighted by Crippen LogP contribution is -2.23. The molecule has 0 radical (unpaired) electrons. The lowest BCUT2D eigenvalue weighted by Gasteiger charge is -2.16. The number of nitrogens with zero attached hydrogens (tertiary/aromatic N) is 1. The highest BCUT2D eigenvalue weighted by Crippen LogP contribution is 2.37. The molecule has 0 aromatic heterocycles. The summed E-state index contributed by atoms with van der Waals surface area (Å²) in [6.07, 6.45) is 6.97. The molecular formula is C16H34N2. The summed E-state index contributed by atoms with van der Waals surface area (Å²) in [5.74, 6) is 2.79. The molecule has 2 atom stereocenters. The fourth-order valence-corrected chi connectivity index (χ4v) is 2.52. The van der Waals surface area contributed by atoms with E-state index in [2.05, 4.69) is 38.0 Å². The summed E-state index contributed by atoms with van der Waals surface area (Å²) < 4.78 is 0. The molecule has 0 saturated heterocycles. The highest BCUT2D eigenvalue weighted by atomic mass is 15.1. The van der Waals surface area contributed by atoms with Crippen LogP contribution in [0.4, 0.5) is 0 Å². The van der Waals surface area contributed by atoms with E-state index in [-0.39, 0.29) is 0 Å². The summed E-state index contributed by atoms with van der Waals surface area (Å²) in [5, 5.41) is 3.51. The van der Waals surface area contributed by atoms with Gasteiger partial charge in [0.25, 0.3) is 0 Å². The van der Waals surface area contributed by atoms with Crippen LogP contribution in [0.3, 0.4) is 0 Å². The molecule has 2 heteroatoms. The van der Waals surface area contributed by atoms with Crippen molar-refractivity contribution >= 4 is 0 Å². The topological polar surface area (TPSA) is 15.3 Å². The van der Waals surface area contributed by atoms with Crippen molar-refractivity contribution in [3.05, 3.63) is 0 Å². The minimum atomic E-state index is 0.781. The SMILES string of the molecule is CC(C)CNCCCCCCN(C)CC1CC1C. The maximum absolute atomic E-state index is 3.51. The van der Waals surface area contributed by atoms with E-state index in [0.29, 0.717) is 0 Å². The van der Waals surface area contributed by atoms with Crippen LogP contribution in [0.15, 0.2) is 0 Å². The Morgan fingerprint density at radius 1 is 1.17 bits per heavy atom. The zero-order chi connectivity index (χ0) is 13.4. The van der Waals surface area contributed by atoms with E-state index in [0.717, 1.165) is 17.8 Å². The molecule has 0 aromatic rings. The van der Waals surface area contributed by atoms with E-state index in [1.54, 1.807) is 0 Å². The van der Waals surface area contributed by atoms with E-state index in [1.807, 2.05) is 0 Å². The molecule has 2 unspecified atom stereocenters. The Hall–Kier alpha value is -0.0800. The maximum Gasteiger partial charge on any atom is 0.000926 e. The predicted molar refractivity (Wildman–Crippen MR) is 80.9 cm³/mol. The van der Waals surface area contributed by atoms with Crippen molar-refractivity contribution in [2.75, 3.05) is 33.2 Å². The molecule has 1 aliphatic rings. The molecule has 1 rings (SSSR count). The van der Waals surface area contributed by atoms with Gasteiger partial charge in [0.2, 0.25) is 0 Å². The number of rotatable bonds is 11. The standard InChI is InChI=1S/C16H34N2/c1-14(2)12-17-9-7-5-6-8-10-18(4)13-16-11-15(16)3/h14-17H,5-13H2,1-4H3. The average Bonchev–Trinajstić information content (AvgIpc) is 2.97. The molecule has 1 aliphatic carbocycles. The Morgan fingerprint density at radius 2 is 1.83 bits per heavy atom. The summed E-state index contributed by atoms with van der Waals surface area (Å²) in [6, 6.07) is 0. The molecule has 0 aliphatic heterocycles. The molecule has 1 fully saturated rings. The first kappa shape index (κ1) is 16.0. The Morgan fingerprint density at radius 3 is 2.44 bits per heavy atom. The van der Waals surface area contributed by atoms with Crippen LogP contribution in [0.25, 0.3) is 0 Å². The quantitative estimate of drug-likeness (QED) is 0.569. The zero-order valence-corrected chi connectivity index (χ0v) is 13.0. The van der Waals surface area contributed by atoms with Crippen molar-refractivity contribution in [2.45, 2.75) is 52.9 Å². The normalized spacial score (nSPS) is 23.0. The molecule has 1 N–H and O–H groups in total. The molecular weight excluding hydrogens is 220 g/mol. The predicted octanol–water partition coefficient (Wildman–Crippen LogP) is 3.38. The number of unbranched alkanes of at least 4 members (excludes halogenated alkanes) is 3. The third-order valence-corrected chi connectivity index (χ3v) is 4.02. The fraction of sp³-hybridized carbons (Fsp3) is 1.00. The van der Waals surface area contributed by atoms with Gasteiger partial charge in [-0.05, 0) is 63.7 Å². The van der Waals surface area contributed by atoms with E-state index >= 15 is 0 Å². The number of hydrogen-bond acceptors (Lipinski definition) is 2. The van der Waals surface area contributed by atoms with Gasteiger partial charge in [-0.2, -0.15) is 0 Å². The van der Waals surface area contributed by atoms with Gasteiger partial charge < -0.3 is 10.2 Å². The molecule has 0 heterocycles. The Bertz CT molecular complexity index is 203. The van der Waals surface area contributed by atoms with Crippen LogP contribution >= 0.6 is 0 Å². The van der Waals surface area contributed by atoms with Gasteiger partial charge in [-0.25, -0.2) is 0 Å². The largest absolute Gasteiger partial charge is 0.316 e. The van der Waals surface area contributed by atoms with Crippen molar-refractivity contribution in [1.29, 1.82) is 0 Å². The second-order valence-electron chi connectivity index (χ2n) is 6.75. The maximum atomic E-state index is 3.51. The van der Waals surface area contributed by atoms with Crippen LogP contribution in [0, 0.1) is 17.8 Å². The Labute approximate surface area is 115 Å². The Balaban J connectivity index is 1.77. The van der Waals surface area contributed by atoms with Gasteiger partial charge in [0.05, 0.1) is 0 Å². The van der Waals surface area contributed by atoms with Gasteiger partial charge >= 0.3 is 0 Å². The van der Waals surface area contributed by atoms with Crippen LogP contribution in [0.2, 0.25) is 0 Å². The van der Waals surface area contributed by atoms with E-state index in [9.17, 15) is 0 Å². The summed E-state index contributed by atoms with van der Waals surface area (Å²) >= 11 is 0. The second kappa shape index (κ2) is 8.92. The first-order chi connectivity index (χ1) is 8.59. The second-order valence-corrected chi connectivity index (χ2v) is 6.75. The number of hydrogen-bond donors (Lipinski definition) is 1. The van der Waals surface area contributed by atoms with Crippen molar-refractivity contribution < 1.29 is 0 Å². The lowest BCUT2D eigenvalue weighted by molar-refractivity contribution is 0.306. The minimum Gasteiger partial charge on any atom is -0.316 e. The van der Waals surface area contributed by atoms with Gasteiger partial charge in [0, 0.05) is 6.54 Å². The first-order valence-electron chi connectivity index (χ1n) is 7.99. The average molecular weight is 254 g/mol. The van der Waals surface area contributed by atoms with Crippen LogP contribution in [-0.2, 0) is 0 Å². The van der Waals surface area contributed by atoms with Crippen molar-refractivity contribution in [3.8, 4) is 0 Å². The molecule has 0 spiro atoms. The molecule has 2 nitrogen and oxygen atoms in total. The molecule has 1 saturated carbocycles. The van der Waals surface area contributed by atoms with Crippen LogP contribution in [-0.4, -0.2) is 38.1 Å². The first-order valence-corrected chi connectivity index (χ1v) is 7.99. The van der Waals surface area contributed by atoms with Crippen LogP contribution in [0.1, 0.15) is 52.9 Å². The van der Waals surface area contributed by atoms with Gasteiger partial charge in [0.1, 0.15) is 0 Å². The highest BCUT2D eigenvalue weighted by molar-refractivity contribution is 4.84. The summed E-state index contributed by atoms with van der Waals surface area (Å²) in [4.78, 5) is 2.53. The number of nitrogens with one attached hydrogen (secondary N) is 1. The molecule has 108 valence electrons. The van der Waals surface area contributed by atoms with Crippen molar-refractivity contribution in [2.24, 2.45) is 17.8 Å². The minimum absolute atomic E-state index is 0.781. The zero-order valence-electron chi connectivity index (χ0n) is 13.0. The fourth-order valence-electron chi connectivity index (χ4n) is 2.52. The van der Waals surface area contributed by atoms with E-state index < -0.39 is 0 Å². The van der Waals surface area contributed by atoms with Gasteiger partial charge in [0.15, 0.2) is 0 Å². The third-order valence-electron chi connectivity index (χ3n) is 4.02. The molecule has 0 amide bonds. The lowest BCUT2D eigenvalue weighted by atomic mass is 10.1. The third kappa shape index (κ3) is 8.10. The smallest absolute Gasteiger partial charge is 0.000926 e. The summed E-state index contributed by atoms with van der Waals surface area (Å²) in [5.41, 5.74) is 0. The van der Waals surface area contributed by atoms with Crippen molar-refractivity contribution in [1.82, 2.24) is 10.2 Å². The monoisotopic (exact) mass is 254 g/mol. The summed E-state index contributed by atoms with van der Waals surface area (Å²) in [6.45, 7) is 11.9. The van der Waals surface area contributed by atoms with Gasteiger partial charge in [-0.3, -0.25) is 0 Å². The van der Waals surface area contributed by atoms with Gasteiger partial charge in [-0.15, -0.1) is 0 Å². The molecule has 0 aromatic carbocycles. The van der Waals surface area contributed by atoms with Crippen molar-refractivity contribution in [3.63, 3.8) is 0 Å². The highest BCUT2D eigenvalue weighted by Gasteiger charge is 2.32. The van der Waals surface area contributed by atoms with Gasteiger partial charge in [-0.1, -0.05) is 33.6 Å². The molecule has 0 bridgehead atoms. The van der Waals surface area contributed by atoms with E-state index in [1.165, 1.54) is 58.3 Å². The van der Waals surface area contributed by atoms with E-state index in [4.69, 9.17) is 0 Å². The van der Waals surface area contributed by atoms with Crippen LogP contribution < -0.4 is 5.32 Å². The van der Waals surface area contributed by atoms with Crippen LogP contribution in [0.5, 0.6) is 0 Å². The molecule has 18 heavy (non-hydrogen) atoms. The Kier molecular flexibility index (Phi) is 7.92.